The Morgan fingerprint density at radius 3 is 2.50 bits per heavy atom. The van der Waals surface area contributed by atoms with Gasteiger partial charge in [-0.3, -0.25) is 14.4 Å². The predicted octanol–water partition coefficient (Wildman–Crippen LogP) is 4.19. The average molecular weight is 430 g/mol. The second kappa shape index (κ2) is 10.4. The Bertz CT molecular complexity index is 920. The summed E-state index contributed by atoms with van der Waals surface area (Å²) in [5, 5.41) is 0. The lowest BCUT2D eigenvalue weighted by atomic mass is 10.1. The van der Waals surface area contributed by atoms with E-state index in [2.05, 4.69) is 0 Å². The van der Waals surface area contributed by atoms with Gasteiger partial charge in [-0.15, -0.1) is 11.3 Å². The molecule has 0 atom stereocenters. The number of nitrogens with zero attached hydrogens (tertiary/aromatic N) is 1. The molecule has 2 aromatic rings. The molecule has 6 nitrogen and oxygen atoms in total. The van der Waals surface area contributed by atoms with Gasteiger partial charge in [0.25, 0.3) is 0 Å². The number of thiophene rings is 1. The molecule has 7 heteroatoms. The number of hydrogen-bond acceptors (Lipinski definition) is 6. The summed E-state index contributed by atoms with van der Waals surface area (Å²) in [7, 11) is 0. The summed E-state index contributed by atoms with van der Waals surface area (Å²) in [6.45, 7) is 5.81. The fourth-order valence-corrected chi connectivity index (χ4v) is 4.17. The number of para-hydroxylation sites is 1. The smallest absolute Gasteiger partial charge is 0.223 e. The minimum Gasteiger partial charge on any atom is -0.486 e. The van der Waals surface area contributed by atoms with Gasteiger partial charge in [0, 0.05) is 49.2 Å². The van der Waals surface area contributed by atoms with Gasteiger partial charge >= 0.3 is 0 Å². The Kier molecular flexibility index (Phi) is 7.63. The van der Waals surface area contributed by atoms with Crippen LogP contribution < -0.4 is 9.47 Å². The van der Waals surface area contributed by atoms with Crippen LogP contribution in [0.25, 0.3) is 0 Å². The van der Waals surface area contributed by atoms with E-state index in [9.17, 15) is 14.4 Å². The summed E-state index contributed by atoms with van der Waals surface area (Å²) in [5.41, 5.74) is 0.894. The van der Waals surface area contributed by atoms with Crippen molar-refractivity contribution in [3.8, 4) is 11.5 Å². The highest BCUT2D eigenvalue weighted by atomic mass is 32.1. The van der Waals surface area contributed by atoms with Crippen LogP contribution in [0.5, 0.6) is 11.5 Å². The van der Waals surface area contributed by atoms with Gasteiger partial charge in [0.15, 0.2) is 17.3 Å². The van der Waals surface area contributed by atoms with Crippen LogP contribution in [0.4, 0.5) is 0 Å². The quantitative estimate of drug-likeness (QED) is 0.530. The third-order valence-corrected chi connectivity index (χ3v) is 6.05. The molecular formula is C23H27NO5S. The van der Waals surface area contributed by atoms with Gasteiger partial charge in [0.2, 0.25) is 5.91 Å². The molecule has 0 spiro atoms. The summed E-state index contributed by atoms with van der Waals surface area (Å²) in [4.78, 5) is 40.5. The van der Waals surface area contributed by atoms with Gasteiger partial charge in [-0.2, -0.15) is 0 Å². The van der Waals surface area contributed by atoms with Gasteiger partial charge in [0.05, 0.1) is 4.88 Å². The van der Waals surface area contributed by atoms with Crippen LogP contribution in [0.2, 0.25) is 0 Å². The highest BCUT2D eigenvalue weighted by Gasteiger charge is 2.20. The number of aryl methyl sites for hydroxylation is 1. The van der Waals surface area contributed by atoms with Crippen molar-refractivity contribution in [3.05, 3.63) is 45.6 Å². The maximum atomic E-state index is 12.6. The summed E-state index contributed by atoms with van der Waals surface area (Å²) in [5.74, 6) is 1.23. The van der Waals surface area contributed by atoms with Crippen LogP contribution in [0.3, 0.4) is 0 Å². The van der Waals surface area contributed by atoms with Crippen molar-refractivity contribution in [2.45, 2.75) is 46.1 Å². The van der Waals surface area contributed by atoms with Crippen LogP contribution in [-0.2, 0) is 16.1 Å². The Morgan fingerprint density at radius 2 is 1.77 bits per heavy atom. The molecule has 0 saturated heterocycles. The topological polar surface area (TPSA) is 72.9 Å². The zero-order valence-corrected chi connectivity index (χ0v) is 18.3. The lowest BCUT2D eigenvalue weighted by Crippen LogP contribution is -2.31. The summed E-state index contributed by atoms with van der Waals surface area (Å²) in [6.07, 6.45) is 0.661. The fourth-order valence-electron chi connectivity index (χ4n) is 3.33. The van der Waals surface area contributed by atoms with Crippen molar-refractivity contribution in [2.24, 2.45) is 0 Å². The number of ether oxygens (including phenoxy) is 2. The highest BCUT2D eigenvalue weighted by Crippen LogP contribution is 2.34. The highest BCUT2D eigenvalue weighted by molar-refractivity contribution is 7.14. The molecule has 2 heterocycles. The molecule has 3 rings (SSSR count). The van der Waals surface area contributed by atoms with E-state index < -0.39 is 0 Å². The maximum absolute atomic E-state index is 12.6. The molecule has 0 unspecified atom stereocenters. The average Bonchev–Trinajstić information content (AvgIpc) is 3.20. The molecule has 0 radical (unpaired) electrons. The number of amides is 1. The molecule has 1 amide bonds. The first-order valence-corrected chi connectivity index (χ1v) is 11.1. The van der Waals surface area contributed by atoms with Crippen LogP contribution in [0.15, 0.2) is 30.3 Å². The zero-order chi connectivity index (χ0) is 21.5. The molecule has 0 saturated carbocycles. The third-order valence-electron chi connectivity index (χ3n) is 5.01. The molecule has 0 aliphatic carbocycles. The van der Waals surface area contributed by atoms with Crippen LogP contribution in [0.1, 0.15) is 52.7 Å². The van der Waals surface area contributed by atoms with E-state index in [1.807, 2.05) is 38.1 Å². The number of Topliss-reactive ketones (excluding diaryl/α,β-unsaturated/α-hetero) is 2. The van der Waals surface area contributed by atoms with E-state index in [1.165, 1.54) is 11.3 Å². The third kappa shape index (κ3) is 5.69. The molecule has 1 aliphatic rings. The van der Waals surface area contributed by atoms with Crippen LogP contribution in [0, 0.1) is 6.92 Å². The van der Waals surface area contributed by atoms with Crippen LogP contribution >= 0.6 is 11.3 Å². The molecular weight excluding hydrogens is 402 g/mol. The number of carbonyl (C=O) groups excluding carboxylic acids is 3. The fraction of sp³-hybridized carbons (Fsp3) is 0.435. The number of fused-ring (bicyclic) bond motifs is 1. The zero-order valence-electron chi connectivity index (χ0n) is 17.4. The lowest BCUT2D eigenvalue weighted by molar-refractivity contribution is -0.133. The molecule has 0 fully saturated rings. The number of rotatable bonds is 10. The van der Waals surface area contributed by atoms with Gasteiger partial charge in [0.1, 0.15) is 19.0 Å². The summed E-state index contributed by atoms with van der Waals surface area (Å²) >= 11 is 1.44. The number of ketones is 2. The molecule has 30 heavy (non-hydrogen) atoms. The molecule has 1 aromatic carbocycles. The second-order valence-electron chi connectivity index (χ2n) is 7.22. The first kappa shape index (κ1) is 22.0. The largest absolute Gasteiger partial charge is 0.486 e. The summed E-state index contributed by atoms with van der Waals surface area (Å²) in [6, 6.07) is 9.36. The SMILES string of the molecule is CCN(Cc1cccc2c1OCCO2)C(=O)CCC(=O)CCC(=O)c1ccc(C)s1. The van der Waals surface area contributed by atoms with E-state index in [0.717, 1.165) is 10.4 Å². The first-order chi connectivity index (χ1) is 14.5. The monoisotopic (exact) mass is 429 g/mol. The number of hydrogen-bond donors (Lipinski definition) is 0. The minimum absolute atomic E-state index is 0.0148. The van der Waals surface area contributed by atoms with E-state index in [4.69, 9.17) is 9.47 Å². The van der Waals surface area contributed by atoms with Gasteiger partial charge < -0.3 is 14.4 Å². The normalized spacial score (nSPS) is 12.5. The van der Waals surface area contributed by atoms with Crippen molar-refractivity contribution in [2.75, 3.05) is 19.8 Å². The molecule has 0 bridgehead atoms. The summed E-state index contributed by atoms with van der Waals surface area (Å²) < 4.78 is 11.3. The van der Waals surface area contributed by atoms with E-state index >= 15 is 0 Å². The lowest BCUT2D eigenvalue weighted by Gasteiger charge is -2.25. The maximum Gasteiger partial charge on any atom is 0.223 e. The molecule has 1 aliphatic heterocycles. The Hall–Kier alpha value is -2.67. The molecule has 1 aromatic heterocycles. The van der Waals surface area contributed by atoms with Gasteiger partial charge in [-0.05, 0) is 32.0 Å². The number of benzene rings is 1. The van der Waals surface area contributed by atoms with Crippen molar-refractivity contribution < 1.29 is 23.9 Å². The minimum atomic E-state index is -0.0830. The Labute approximate surface area is 180 Å². The Balaban J connectivity index is 1.48. The predicted molar refractivity (Wildman–Crippen MR) is 115 cm³/mol. The van der Waals surface area contributed by atoms with Gasteiger partial charge in [-0.1, -0.05) is 12.1 Å². The van der Waals surface area contributed by atoms with Crippen LogP contribution in [-0.4, -0.2) is 42.1 Å². The molecule has 0 N–H and O–H groups in total. The second-order valence-corrected chi connectivity index (χ2v) is 8.51. The number of carbonyl (C=O) groups is 3. The Morgan fingerprint density at radius 1 is 1.00 bits per heavy atom. The van der Waals surface area contributed by atoms with Crippen molar-refractivity contribution in [1.29, 1.82) is 0 Å². The standard InChI is InChI=1S/C23H27NO5S/c1-3-24(15-17-5-4-6-20-23(17)29-14-13-28-20)22(27)12-9-18(25)8-10-19(26)21-11-7-16(2)30-21/h4-7,11H,3,8-10,12-15H2,1-2H3. The van der Waals surface area contributed by atoms with E-state index in [-0.39, 0.29) is 43.2 Å². The molecule has 160 valence electrons. The first-order valence-electron chi connectivity index (χ1n) is 10.2. The van der Waals surface area contributed by atoms with E-state index in [1.54, 1.807) is 11.0 Å². The van der Waals surface area contributed by atoms with Crippen molar-refractivity contribution in [3.63, 3.8) is 0 Å². The van der Waals surface area contributed by atoms with Gasteiger partial charge in [-0.25, -0.2) is 0 Å². The van der Waals surface area contributed by atoms with Crippen molar-refractivity contribution >= 4 is 28.8 Å². The van der Waals surface area contributed by atoms with E-state index in [0.29, 0.717) is 42.7 Å². The van der Waals surface area contributed by atoms with Crippen molar-refractivity contribution in [1.82, 2.24) is 4.90 Å².